The van der Waals surface area contributed by atoms with Gasteiger partial charge in [0.15, 0.2) is 0 Å². The number of anilines is 2. The van der Waals surface area contributed by atoms with Crippen molar-refractivity contribution in [1.29, 1.82) is 0 Å². The predicted octanol–water partition coefficient (Wildman–Crippen LogP) is 4.64. The van der Waals surface area contributed by atoms with Gasteiger partial charge in [0.25, 0.3) is 0 Å². The number of nitrogens with one attached hydrogen (secondary N) is 1. The fourth-order valence-corrected chi connectivity index (χ4v) is 3.88. The maximum atomic E-state index is 12.8. The quantitative estimate of drug-likeness (QED) is 0.591. The minimum atomic E-state index is -0.213. The average Bonchev–Trinajstić information content (AvgIpc) is 2.85. The first-order valence-electron chi connectivity index (χ1n) is 10.9. The topological polar surface area (TPSA) is 54.0 Å². The van der Waals surface area contributed by atoms with Gasteiger partial charge in [0, 0.05) is 31.9 Å². The molecule has 1 aliphatic heterocycles. The van der Waals surface area contributed by atoms with Crippen molar-refractivity contribution in [3.8, 4) is 17.2 Å². The molecule has 0 bridgehead atoms. The summed E-state index contributed by atoms with van der Waals surface area (Å²) in [6.07, 6.45) is 0. The lowest BCUT2D eigenvalue weighted by Crippen LogP contribution is -2.52. The molecule has 1 amide bonds. The van der Waals surface area contributed by atoms with Gasteiger partial charge in [-0.3, -0.25) is 9.69 Å². The zero-order chi connectivity index (χ0) is 22.3. The van der Waals surface area contributed by atoms with Crippen molar-refractivity contribution in [2.24, 2.45) is 0 Å². The lowest BCUT2D eigenvalue weighted by molar-refractivity contribution is -0.120. The van der Waals surface area contributed by atoms with Crippen molar-refractivity contribution in [2.45, 2.75) is 13.0 Å². The lowest BCUT2D eigenvalue weighted by Gasteiger charge is -2.38. The third kappa shape index (κ3) is 5.21. The van der Waals surface area contributed by atoms with Crippen molar-refractivity contribution < 1.29 is 14.3 Å². The van der Waals surface area contributed by atoms with Crippen LogP contribution in [0.2, 0.25) is 0 Å². The van der Waals surface area contributed by atoms with Crippen LogP contribution in [0.15, 0.2) is 78.9 Å². The molecule has 166 valence electrons. The Morgan fingerprint density at radius 2 is 1.47 bits per heavy atom. The van der Waals surface area contributed by atoms with Crippen molar-refractivity contribution in [3.63, 3.8) is 0 Å². The van der Waals surface area contributed by atoms with Gasteiger partial charge in [-0.2, -0.15) is 0 Å². The first-order valence-corrected chi connectivity index (χ1v) is 10.9. The molecule has 1 unspecified atom stereocenters. The highest BCUT2D eigenvalue weighted by Gasteiger charge is 2.26. The van der Waals surface area contributed by atoms with Crippen LogP contribution >= 0.6 is 0 Å². The van der Waals surface area contributed by atoms with Crippen molar-refractivity contribution in [3.05, 3.63) is 78.9 Å². The maximum Gasteiger partial charge on any atom is 0.241 e. The maximum absolute atomic E-state index is 12.8. The summed E-state index contributed by atoms with van der Waals surface area (Å²) >= 11 is 0. The molecule has 6 nitrogen and oxygen atoms in total. The minimum absolute atomic E-state index is 0.00697. The van der Waals surface area contributed by atoms with Gasteiger partial charge in [0.2, 0.25) is 5.91 Å². The lowest BCUT2D eigenvalue weighted by atomic mass is 10.2. The van der Waals surface area contributed by atoms with E-state index in [9.17, 15) is 4.79 Å². The molecule has 4 rings (SSSR count). The zero-order valence-corrected chi connectivity index (χ0v) is 18.5. The third-order valence-electron chi connectivity index (χ3n) is 5.77. The van der Waals surface area contributed by atoms with Crippen molar-refractivity contribution in [1.82, 2.24) is 4.90 Å². The van der Waals surface area contributed by atoms with E-state index in [2.05, 4.69) is 21.2 Å². The first kappa shape index (κ1) is 21.7. The molecule has 32 heavy (non-hydrogen) atoms. The number of carbonyl (C=O) groups excluding carboxylic acids is 1. The molecular formula is C26H29N3O3. The van der Waals surface area contributed by atoms with Crippen molar-refractivity contribution in [2.75, 3.05) is 43.5 Å². The summed E-state index contributed by atoms with van der Waals surface area (Å²) in [6.45, 7) is 5.29. The Morgan fingerprint density at radius 3 is 2.16 bits per heavy atom. The van der Waals surface area contributed by atoms with E-state index in [0.29, 0.717) is 0 Å². The molecule has 1 N–H and O–H groups in total. The van der Waals surface area contributed by atoms with E-state index in [4.69, 9.17) is 9.47 Å². The third-order valence-corrected chi connectivity index (χ3v) is 5.77. The highest BCUT2D eigenvalue weighted by Crippen LogP contribution is 2.28. The van der Waals surface area contributed by atoms with Gasteiger partial charge in [0.05, 0.1) is 18.8 Å². The molecule has 1 heterocycles. The second-order valence-corrected chi connectivity index (χ2v) is 7.80. The minimum Gasteiger partial charge on any atom is -0.495 e. The molecule has 6 heteroatoms. The molecule has 3 aromatic carbocycles. The zero-order valence-electron chi connectivity index (χ0n) is 18.5. The van der Waals surface area contributed by atoms with E-state index in [0.717, 1.165) is 54.8 Å². The molecule has 0 aromatic heterocycles. The van der Waals surface area contributed by atoms with E-state index in [1.54, 1.807) is 7.11 Å². The Hall–Kier alpha value is -3.51. The van der Waals surface area contributed by atoms with Gasteiger partial charge in [0.1, 0.15) is 17.2 Å². The summed E-state index contributed by atoms with van der Waals surface area (Å²) in [4.78, 5) is 17.3. The summed E-state index contributed by atoms with van der Waals surface area (Å²) in [5.41, 5.74) is 1.86. The molecule has 0 saturated carbocycles. The summed E-state index contributed by atoms with van der Waals surface area (Å²) in [5, 5.41) is 3.02. The van der Waals surface area contributed by atoms with Gasteiger partial charge in [-0.25, -0.2) is 0 Å². The highest BCUT2D eigenvalue weighted by molar-refractivity contribution is 5.94. The van der Waals surface area contributed by atoms with E-state index in [1.165, 1.54) is 0 Å². The van der Waals surface area contributed by atoms with Crippen LogP contribution in [-0.2, 0) is 4.79 Å². The predicted molar refractivity (Wildman–Crippen MR) is 128 cm³/mol. The fourth-order valence-electron chi connectivity index (χ4n) is 3.88. The van der Waals surface area contributed by atoms with E-state index in [1.807, 2.05) is 79.7 Å². The Balaban J connectivity index is 1.29. The second-order valence-electron chi connectivity index (χ2n) is 7.80. The Bertz CT molecular complexity index is 1020. The number of amides is 1. The second kappa shape index (κ2) is 10.2. The molecule has 0 aliphatic carbocycles. The number of piperazine rings is 1. The van der Waals surface area contributed by atoms with Crippen LogP contribution in [0.5, 0.6) is 17.2 Å². The smallest absolute Gasteiger partial charge is 0.241 e. The molecule has 0 spiro atoms. The number of nitrogens with zero attached hydrogens (tertiary/aromatic N) is 2. The van der Waals surface area contributed by atoms with Gasteiger partial charge in [-0.05, 0) is 55.5 Å². The standard InChI is InChI=1S/C26H29N3O3/c1-20(28-16-18-29(19-17-28)24-10-6-7-11-25(24)31-2)26(30)27-21-12-14-23(15-13-21)32-22-8-4-3-5-9-22/h3-15,20H,16-19H2,1-2H3,(H,27,30). The largest absolute Gasteiger partial charge is 0.495 e. The molecule has 1 saturated heterocycles. The number of methoxy groups -OCH3 is 1. The van der Waals surface area contributed by atoms with Gasteiger partial charge in [-0.15, -0.1) is 0 Å². The molecule has 1 atom stereocenters. The van der Waals surface area contributed by atoms with Gasteiger partial charge < -0.3 is 19.7 Å². The summed E-state index contributed by atoms with van der Waals surface area (Å²) in [5.74, 6) is 2.39. The number of rotatable bonds is 7. The van der Waals surface area contributed by atoms with E-state index < -0.39 is 0 Å². The highest BCUT2D eigenvalue weighted by atomic mass is 16.5. The fraction of sp³-hybridized carbons (Fsp3) is 0.269. The Labute approximate surface area is 189 Å². The molecular weight excluding hydrogens is 402 g/mol. The van der Waals surface area contributed by atoms with Crippen LogP contribution in [0.3, 0.4) is 0 Å². The normalized spacial score (nSPS) is 15.1. The Morgan fingerprint density at radius 1 is 0.844 bits per heavy atom. The molecule has 1 aliphatic rings. The number of para-hydroxylation sites is 3. The van der Waals surface area contributed by atoms with E-state index >= 15 is 0 Å². The van der Waals surface area contributed by atoms with Crippen LogP contribution in [0.1, 0.15) is 6.92 Å². The number of hydrogen-bond acceptors (Lipinski definition) is 5. The number of hydrogen-bond donors (Lipinski definition) is 1. The average molecular weight is 432 g/mol. The summed E-state index contributed by atoms with van der Waals surface area (Å²) in [7, 11) is 1.70. The van der Waals surface area contributed by atoms with Crippen LogP contribution < -0.4 is 19.7 Å². The van der Waals surface area contributed by atoms with Gasteiger partial charge >= 0.3 is 0 Å². The van der Waals surface area contributed by atoms with Crippen molar-refractivity contribution >= 4 is 17.3 Å². The van der Waals surface area contributed by atoms with Crippen LogP contribution in [0, 0.1) is 0 Å². The van der Waals surface area contributed by atoms with Gasteiger partial charge in [-0.1, -0.05) is 30.3 Å². The number of carbonyl (C=O) groups is 1. The molecule has 0 radical (unpaired) electrons. The van der Waals surface area contributed by atoms with Crippen LogP contribution in [-0.4, -0.2) is 50.1 Å². The molecule has 1 fully saturated rings. The summed E-state index contributed by atoms with van der Waals surface area (Å²) in [6, 6.07) is 24.9. The Kier molecular flexibility index (Phi) is 6.92. The monoisotopic (exact) mass is 431 g/mol. The molecule has 3 aromatic rings. The number of ether oxygens (including phenoxy) is 2. The SMILES string of the molecule is COc1ccccc1N1CCN(C(C)C(=O)Nc2ccc(Oc3ccccc3)cc2)CC1. The van der Waals surface area contributed by atoms with Crippen LogP contribution in [0.25, 0.3) is 0 Å². The number of benzene rings is 3. The summed E-state index contributed by atoms with van der Waals surface area (Å²) < 4.78 is 11.3. The van der Waals surface area contributed by atoms with Crippen LogP contribution in [0.4, 0.5) is 11.4 Å². The first-order chi connectivity index (χ1) is 15.6. The van der Waals surface area contributed by atoms with E-state index in [-0.39, 0.29) is 11.9 Å².